The molecule has 92 valence electrons. The van der Waals surface area contributed by atoms with Crippen molar-refractivity contribution in [2.24, 2.45) is 0 Å². The molecule has 0 spiro atoms. The Morgan fingerprint density at radius 3 is 3.17 bits per heavy atom. The van der Waals surface area contributed by atoms with Crippen molar-refractivity contribution < 1.29 is 9.53 Å². The van der Waals surface area contributed by atoms with Crippen LogP contribution in [0, 0.1) is 0 Å². The van der Waals surface area contributed by atoms with E-state index in [-0.39, 0.29) is 12.0 Å². The second-order valence-electron chi connectivity index (χ2n) is 5.00. The SMILES string of the molecule is O=C(c1cccc2[nH]ccc12)N1CC[C@H]2O[C@@H]2C1. The lowest BCUT2D eigenvalue weighted by atomic mass is 10.1. The van der Waals surface area contributed by atoms with Gasteiger partial charge in [-0.2, -0.15) is 0 Å². The molecule has 4 rings (SSSR count). The van der Waals surface area contributed by atoms with Crippen LogP contribution in [0.25, 0.3) is 10.9 Å². The number of carbonyl (C=O) groups is 1. The van der Waals surface area contributed by atoms with Crippen LogP contribution in [0.5, 0.6) is 0 Å². The fourth-order valence-electron chi connectivity index (χ4n) is 2.81. The molecule has 18 heavy (non-hydrogen) atoms. The van der Waals surface area contributed by atoms with E-state index in [1.54, 1.807) is 0 Å². The van der Waals surface area contributed by atoms with Gasteiger partial charge in [-0.1, -0.05) is 6.07 Å². The van der Waals surface area contributed by atoms with Crippen LogP contribution in [0.3, 0.4) is 0 Å². The van der Waals surface area contributed by atoms with Crippen LogP contribution in [-0.4, -0.2) is 41.1 Å². The fraction of sp³-hybridized carbons (Fsp3) is 0.357. The summed E-state index contributed by atoms with van der Waals surface area (Å²) in [6.45, 7) is 1.55. The van der Waals surface area contributed by atoms with Gasteiger partial charge in [-0.3, -0.25) is 4.79 Å². The molecule has 1 aromatic carbocycles. The summed E-state index contributed by atoms with van der Waals surface area (Å²) >= 11 is 0. The zero-order valence-corrected chi connectivity index (χ0v) is 9.93. The highest BCUT2D eigenvalue weighted by atomic mass is 16.6. The number of amides is 1. The maximum Gasteiger partial charge on any atom is 0.254 e. The van der Waals surface area contributed by atoms with E-state index in [0.717, 1.165) is 36.0 Å². The van der Waals surface area contributed by atoms with Crippen LogP contribution in [0.2, 0.25) is 0 Å². The quantitative estimate of drug-likeness (QED) is 0.775. The van der Waals surface area contributed by atoms with Crippen LogP contribution in [0.4, 0.5) is 0 Å². The predicted molar refractivity (Wildman–Crippen MR) is 67.5 cm³/mol. The molecule has 1 N–H and O–H groups in total. The van der Waals surface area contributed by atoms with Crippen LogP contribution >= 0.6 is 0 Å². The number of rotatable bonds is 1. The number of epoxide rings is 1. The summed E-state index contributed by atoms with van der Waals surface area (Å²) in [5.41, 5.74) is 1.80. The second kappa shape index (κ2) is 3.59. The second-order valence-corrected chi connectivity index (χ2v) is 5.00. The van der Waals surface area contributed by atoms with Crippen molar-refractivity contribution in [1.29, 1.82) is 0 Å². The first-order valence-corrected chi connectivity index (χ1v) is 6.34. The highest BCUT2D eigenvalue weighted by molar-refractivity contribution is 6.06. The first kappa shape index (κ1) is 10.1. The highest BCUT2D eigenvalue weighted by Crippen LogP contribution is 2.31. The van der Waals surface area contributed by atoms with Gasteiger partial charge in [0.15, 0.2) is 0 Å². The summed E-state index contributed by atoms with van der Waals surface area (Å²) in [5.74, 6) is 0.120. The van der Waals surface area contributed by atoms with Gasteiger partial charge in [0.25, 0.3) is 5.91 Å². The van der Waals surface area contributed by atoms with E-state index >= 15 is 0 Å². The maximum absolute atomic E-state index is 12.5. The van der Waals surface area contributed by atoms with Crippen LogP contribution in [0.15, 0.2) is 30.5 Å². The molecule has 4 nitrogen and oxygen atoms in total. The van der Waals surface area contributed by atoms with Crippen molar-refractivity contribution in [3.63, 3.8) is 0 Å². The molecule has 1 amide bonds. The van der Waals surface area contributed by atoms with Gasteiger partial charge in [0, 0.05) is 35.8 Å². The molecule has 0 unspecified atom stereocenters. The number of H-pyrrole nitrogens is 1. The Morgan fingerprint density at radius 2 is 2.28 bits per heavy atom. The number of fused-ring (bicyclic) bond motifs is 2. The Balaban J connectivity index is 1.69. The van der Waals surface area contributed by atoms with Crippen LogP contribution < -0.4 is 0 Å². The first-order chi connectivity index (χ1) is 8.83. The summed E-state index contributed by atoms with van der Waals surface area (Å²) < 4.78 is 5.47. The Kier molecular flexibility index (Phi) is 2.02. The number of hydrogen-bond donors (Lipinski definition) is 1. The van der Waals surface area contributed by atoms with Gasteiger partial charge in [-0.15, -0.1) is 0 Å². The molecule has 2 aliphatic rings. The van der Waals surface area contributed by atoms with Crippen LogP contribution in [0.1, 0.15) is 16.8 Å². The minimum Gasteiger partial charge on any atom is -0.368 e. The van der Waals surface area contributed by atoms with Gasteiger partial charge in [-0.05, 0) is 24.6 Å². The van der Waals surface area contributed by atoms with Crippen LogP contribution in [-0.2, 0) is 4.74 Å². The van der Waals surface area contributed by atoms with Crippen molar-refractivity contribution in [3.8, 4) is 0 Å². The largest absolute Gasteiger partial charge is 0.368 e. The lowest BCUT2D eigenvalue weighted by Crippen LogP contribution is -2.39. The van der Waals surface area contributed by atoms with E-state index in [0.29, 0.717) is 6.10 Å². The number of ether oxygens (including phenoxy) is 1. The average molecular weight is 242 g/mol. The summed E-state index contributed by atoms with van der Waals surface area (Å²) in [7, 11) is 0. The topological polar surface area (TPSA) is 48.6 Å². The lowest BCUT2D eigenvalue weighted by Gasteiger charge is -2.24. The number of aromatic nitrogens is 1. The number of aromatic amines is 1. The molecular weight excluding hydrogens is 228 g/mol. The molecule has 1 aromatic heterocycles. The van der Waals surface area contributed by atoms with Crippen molar-refractivity contribution in [2.75, 3.05) is 13.1 Å². The third kappa shape index (κ3) is 1.46. The molecule has 0 radical (unpaired) electrons. The smallest absolute Gasteiger partial charge is 0.254 e. The van der Waals surface area contributed by atoms with E-state index in [1.807, 2.05) is 35.4 Å². The van der Waals surface area contributed by atoms with Gasteiger partial charge in [0.05, 0.1) is 6.10 Å². The summed E-state index contributed by atoms with van der Waals surface area (Å²) in [6, 6.07) is 7.77. The number of benzene rings is 1. The average Bonchev–Trinajstić information content (AvgIpc) is 3.02. The van der Waals surface area contributed by atoms with Gasteiger partial charge < -0.3 is 14.6 Å². The molecule has 2 saturated heterocycles. The Bertz CT molecular complexity index is 619. The lowest BCUT2D eigenvalue weighted by molar-refractivity contribution is 0.0738. The zero-order valence-electron chi connectivity index (χ0n) is 9.93. The van der Waals surface area contributed by atoms with Crippen molar-refractivity contribution in [2.45, 2.75) is 18.6 Å². The zero-order chi connectivity index (χ0) is 12.1. The molecule has 0 bridgehead atoms. The molecule has 2 fully saturated rings. The summed E-state index contributed by atoms with van der Waals surface area (Å²) in [5, 5.41) is 1.00. The van der Waals surface area contributed by atoms with E-state index in [4.69, 9.17) is 4.74 Å². The fourth-order valence-corrected chi connectivity index (χ4v) is 2.81. The predicted octanol–water partition coefficient (Wildman–Crippen LogP) is 1.78. The number of nitrogens with one attached hydrogen (secondary N) is 1. The third-order valence-electron chi connectivity index (χ3n) is 3.88. The van der Waals surface area contributed by atoms with Gasteiger partial charge in [0.2, 0.25) is 0 Å². The summed E-state index contributed by atoms with van der Waals surface area (Å²) in [6.07, 6.45) is 3.54. The highest BCUT2D eigenvalue weighted by Gasteiger charge is 2.44. The number of carbonyl (C=O) groups excluding carboxylic acids is 1. The van der Waals surface area contributed by atoms with E-state index in [2.05, 4.69) is 4.98 Å². The molecule has 2 atom stereocenters. The molecule has 0 aliphatic carbocycles. The summed E-state index contributed by atoms with van der Waals surface area (Å²) in [4.78, 5) is 17.6. The van der Waals surface area contributed by atoms with E-state index < -0.39 is 0 Å². The Labute approximate surface area is 105 Å². The minimum atomic E-state index is 0.120. The molecule has 0 saturated carbocycles. The third-order valence-corrected chi connectivity index (χ3v) is 3.88. The van der Waals surface area contributed by atoms with Crippen molar-refractivity contribution in [1.82, 2.24) is 9.88 Å². The monoisotopic (exact) mass is 242 g/mol. The van der Waals surface area contributed by atoms with Gasteiger partial charge in [0.1, 0.15) is 6.10 Å². The van der Waals surface area contributed by atoms with Crippen molar-refractivity contribution >= 4 is 16.8 Å². The standard InChI is InChI=1S/C14H14N2O2/c17-14(16-7-5-12-13(8-16)18-12)10-2-1-3-11-9(10)4-6-15-11/h1-4,6,12-13,15H,5,7-8H2/t12-,13-/m1/s1. The first-order valence-electron chi connectivity index (χ1n) is 6.34. The number of likely N-dealkylation sites (tertiary alicyclic amines) is 1. The van der Waals surface area contributed by atoms with Gasteiger partial charge in [-0.25, -0.2) is 0 Å². The molecule has 2 aromatic rings. The van der Waals surface area contributed by atoms with Crippen molar-refractivity contribution in [3.05, 3.63) is 36.0 Å². The minimum absolute atomic E-state index is 0.120. The molecule has 4 heteroatoms. The number of hydrogen-bond acceptors (Lipinski definition) is 2. The normalized spacial score (nSPS) is 26.1. The van der Waals surface area contributed by atoms with Gasteiger partial charge >= 0.3 is 0 Å². The van der Waals surface area contributed by atoms with E-state index in [1.165, 1.54) is 0 Å². The Hall–Kier alpha value is -1.81. The molecular formula is C14H14N2O2. The molecule has 3 heterocycles. The molecule has 2 aliphatic heterocycles. The maximum atomic E-state index is 12.5. The number of nitrogens with zero attached hydrogens (tertiary/aromatic N) is 1. The van der Waals surface area contributed by atoms with E-state index in [9.17, 15) is 4.79 Å². The Morgan fingerprint density at radius 1 is 1.33 bits per heavy atom. The number of piperidine rings is 1.